The zero-order valence-electron chi connectivity index (χ0n) is 12.3. The minimum absolute atomic E-state index is 0.153. The second kappa shape index (κ2) is 7.41. The molecule has 0 unspecified atom stereocenters. The van der Waals surface area contributed by atoms with E-state index in [-0.39, 0.29) is 5.91 Å². The number of hydrogen-bond donors (Lipinski definition) is 1. The van der Waals surface area contributed by atoms with E-state index < -0.39 is 0 Å². The molecule has 0 aromatic heterocycles. The zero-order chi connectivity index (χ0) is 14.4. The number of rotatable bonds is 5. The first-order valence-electron chi connectivity index (χ1n) is 7.55. The van der Waals surface area contributed by atoms with Gasteiger partial charge in [0.25, 0.3) is 5.91 Å². The molecule has 0 aliphatic carbocycles. The predicted octanol–water partition coefficient (Wildman–Crippen LogP) is 1.36. The molecule has 0 atom stereocenters. The summed E-state index contributed by atoms with van der Waals surface area (Å²) in [6.07, 6.45) is 2.04. The summed E-state index contributed by atoms with van der Waals surface area (Å²) in [4.78, 5) is 16.8. The Morgan fingerprint density at radius 2 is 1.80 bits per heavy atom. The number of nitrogens with zero attached hydrogens (tertiary/aromatic N) is 2. The third kappa shape index (κ3) is 3.81. The number of amides is 1. The van der Waals surface area contributed by atoms with Crippen LogP contribution in [0.2, 0.25) is 0 Å². The van der Waals surface area contributed by atoms with Gasteiger partial charge in [-0.3, -0.25) is 9.69 Å². The summed E-state index contributed by atoms with van der Waals surface area (Å²) in [6, 6.07) is 7.86. The summed E-state index contributed by atoms with van der Waals surface area (Å²) >= 11 is 0. The van der Waals surface area contributed by atoms with Gasteiger partial charge >= 0.3 is 0 Å². The van der Waals surface area contributed by atoms with Gasteiger partial charge in [0.05, 0.1) is 0 Å². The van der Waals surface area contributed by atoms with Crippen LogP contribution in [0.25, 0.3) is 0 Å². The smallest absolute Gasteiger partial charge is 0.253 e. The third-order valence-electron chi connectivity index (χ3n) is 3.83. The molecule has 1 heterocycles. The molecule has 1 aliphatic rings. The number of nitrogens with two attached hydrogens (primary N) is 1. The lowest BCUT2D eigenvalue weighted by Gasteiger charge is -2.34. The zero-order valence-corrected chi connectivity index (χ0v) is 12.3. The van der Waals surface area contributed by atoms with Crippen LogP contribution in [-0.4, -0.2) is 55.0 Å². The van der Waals surface area contributed by atoms with Crippen LogP contribution in [-0.2, 0) is 6.42 Å². The van der Waals surface area contributed by atoms with Gasteiger partial charge in [0.15, 0.2) is 0 Å². The highest BCUT2D eigenvalue weighted by molar-refractivity contribution is 5.94. The molecule has 1 saturated heterocycles. The van der Waals surface area contributed by atoms with Crippen LogP contribution < -0.4 is 5.73 Å². The van der Waals surface area contributed by atoms with Crippen molar-refractivity contribution >= 4 is 5.91 Å². The van der Waals surface area contributed by atoms with Crippen molar-refractivity contribution in [3.05, 3.63) is 35.4 Å². The molecule has 2 rings (SSSR count). The fraction of sp³-hybridized carbons (Fsp3) is 0.562. The van der Waals surface area contributed by atoms with Crippen molar-refractivity contribution in [2.75, 3.05) is 39.3 Å². The summed E-state index contributed by atoms with van der Waals surface area (Å²) < 4.78 is 0. The molecule has 2 N–H and O–H groups in total. The Morgan fingerprint density at radius 1 is 1.15 bits per heavy atom. The minimum atomic E-state index is 0.153. The maximum absolute atomic E-state index is 12.4. The van der Waals surface area contributed by atoms with E-state index in [4.69, 9.17) is 5.73 Å². The van der Waals surface area contributed by atoms with Crippen molar-refractivity contribution in [1.82, 2.24) is 9.80 Å². The van der Waals surface area contributed by atoms with E-state index in [9.17, 15) is 4.79 Å². The van der Waals surface area contributed by atoms with Crippen molar-refractivity contribution in [2.45, 2.75) is 19.8 Å². The van der Waals surface area contributed by atoms with Crippen LogP contribution >= 0.6 is 0 Å². The number of piperazine rings is 1. The molecule has 4 heteroatoms. The predicted molar refractivity (Wildman–Crippen MR) is 81.8 cm³/mol. The van der Waals surface area contributed by atoms with Crippen LogP contribution in [0.4, 0.5) is 0 Å². The molecule has 1 fully saturated rings. The summed E-state index contributed by atoms with van der Waals surface area (Å²) in [6.45, 7) is 7.63. The molecule has 0 spiro atoms. The fourth-order valence-corrected chi connectivity index (χ4v) is 2.65. The Balaban J connectivity index is 1.91. The molecule has 0 saturated carbocycles. The van der Waals surface area contributed by atoms with Gasteiger partial charge in [0.1, 0.15) is 0 Å². The first kappa shape index (κ1) is 15.0. The van der Waals surface area contributed by atoms with E-state index in [1.54, 1.807) is 0 Å². The second-order valence-corrected chi connectivity index (χ2v) is 5.37. The van der Waals surface area contributed by atoms with Crippen LogP contribution in [0, 0.1) is 0 Å². The lowest BCUT2D eigenvalue weighted by Crippen LogP contribution is -2.48. The highest BCUT2D eigenvalue weighted by atomic mass is 16.2. The van der Waals surface area contributed by atoms with Crippen LogP contribution in [0.5, 0.6) is 0 Å². The summed E-state index contributed by atoms with van der Waals surface area (Å²) in [5.74, 6) is 0.153. The molecule has 1 aliphatic heterocycles. The first-order valence-corrected chi connectivity index (χ1v) is 7.55. The monoisotopic (exact) mass is 275 g/mol. The van der Waals surface area contributed by atoms with E-state index in [0.29, 0.717) is 6.54 Å². The molecule has 20 heavy (non-hydrogen) atoms. The maximum Gasteiger partial charge on any atom is 0.253 e. The second-order valence-electron chi connectivity index (χ2n) is 5.37. The summed E-state index contributed by atoms with van der Waals surface area (Å²) in [5.41, 5.74) is 7.51. The molecule has 0 bridgehead atoms. The normalized spacial score (nSPS) is 16.4. The van der Waals surface area contributed by atoms with Crippen molar-refractivity contribution in [3.8, 4) is 0 Å². The van der Waals surface area contributed by atoms with Gasteiger partial charge in [-0.05, 0) is 43.6 Å². The Hall–Kier alpha value is -1.39. The topological polar surface area (TPSA) is 49.6 Å². The average molecular weight is 275 g/mol. The van der Waals surface area contributed by atoms with Gasteiger partial charge in [0.2, 0.25) is 0 Å². The molecule has 0 radical (unpaired) electrons. The lowest BCUT2D eigenvalue weighted by molar-refractivity contribution is 0.0637. The first-order chi connectivity index (χ1) is 9.74. The molecular formula is C16H25N3O. The average Bonchev–Trinajstić information content (AvgIpc) is 2.49. The van der Waals surface area contributed by atoms with Crippen LogP contribution in [0.15, 0.2) is 24.3 Å². The standard InChI is InChI=1S/C16H25N3O/c1-2-9-18-10-12-19(13-11-18)16(20)15-5-3-14(4-6-15)7-8-17/h3-6H,2,7-13,17H2,1H3. The Labute approximate surface area is 121 Å². The molecule has 1 aromatic rings. The van der Waals surface area contributed by atoms with E-state index in [1.807, 2.05) is 29.2 Å². The highest BCUT2D eigenvalue weighted by Crippen LogP contribution is 2.11. The van der Waals surface area contributed by atoms with Crippen molar-refractivity contribution in [3.63, 3.8) is 0 Å². The SMILES string of the molecule is CCCN1CCN(C(=O)c2ccc(CCN)cc2)CC1. The van der Waals surface area contributed by atoms with Gasteiger partial charge < -0.3 is 10.6 Å². The van der Waals surface area contributed by atoms with Crippen LogP contribution in [0.3, 0.4) is 0 Å². The maximum atomic E-state index is 12.4. The summed E-state index contributed by atoms with van der Waals surface area (Å²) in [5, 5.41) is 0. The van der Waals surface area contributed by atoms with Crippen LogP contribution in [0.1, 0.15) is 29.3 Å². The van der Waals surface area contributed by atoms with Gasteiger partial charge in [-0.2, -0.15) is 0 Å². The van der Waals surface area contributed by atoms with Gasteiger partial charge in [0, 0.05) is 31.7 Å². The summed E-state index contributed by atoms with van der Waals surface area (Å²) in [7, 11) is 0. The van der Waals surface area contributed by atoms with Crippen molar-refractivity contribution in [2.24, 2.45) is 5.73 Å². The molecular weight excluding hydrogens is 250 g/mol. The Bertz CT molecular complexity index is 422. The number of hydrogen-bond acceptors (Lipinski definition) is 3. The number of carbonyl (C=O) groups is 1. The van der Waals surface area contributed by atoms with Crippen molar-refractivity contribution in [1.29, 1.82) is 0 Å². The van der Waals surface area contributed by atoms with Gasteiger partial charge in [-0.25, -0.2) is 0 Å². The quantitative estimate of drug-likeness (QED) is 0.882. The van der Waals surface area contributed by atoms with E-state index >= 15 is 0 Å². The van der Waals surface area contributed by atoms with Crippen molar-refractivity contribution < 1.29 is 4.79 Å². The fourth-order valence-electron chi connectivity index (χ4n) is 2.65. The number of benzene rings is 1. The number of carbonyl (C=O) groups excluding carboxylic acids is 1. The van der Waals surface area contributed by atoms with E-state index in [2.05, 4.69) is 11.8 Å². The Kier molecular flexibility index (Phi) is 5.56. The van der Waals surface area contributed by atoms with Gasteiger partial charge in [-0.1, -0.05) is 19.1 Å². The van der Waals surface area contributed by atoms with E-state index in [1.165, 1.54) is 12.0 Å². The largest absolute Gasteiger partial charge is 0.336 e. The molecule has 1 aromatic carbocycles. The lowest BCUT2D eigenvalue weighted by atomic mass is 10.1. The molecule has 1 amide bonds. The molecule has 110 valence electrons. The Morgan fingerprint density at radius 3 is 2.35 bits per heavy atom. The molecule has 4 nitrogen and oxygen atoms in total. The minimum Gasteiger partial charge on any atom is -0.336 e. The van der Waals surface area contributed by atoms with Gasteiger partial charge in [-0.15, -0.1) is 0 Å². The van der Waals surface area contributed by atoms with E-state index in [0.717, 1.165) is 44.7 Å². The highest BCUT2D eigenvalue weighted by Gasteiger charge is 2.21. The third-order valence-corrected chi connectivity index (χ3v) is 3.83.